The molecule has 5 saturated carbocycles. The summed E-state index contributed by atoms with van der Waals surface area (Å²) in [5.41, 5.74) is 0. The Kier molecular flexibility index (Phi) is 35.9. The van der Waals surface area contributed by atoms with Crippen LogP contribution in [0.5, 0.6) is 0 Å². The van der Waals surface area contributed by atoms with E-state index in [1.165, 1.54) is 12.2 Å². The van der Waals surface area contributed by atoms with E-state index in [0.29, 0.717) is 32.1 Å². The van der Waals surface area contributed by atoms with E-state index >= 15 is 0 Å². The third-order valence-electron chi connectivity index (χ3n) is 26.0. The number of allylic oxidation sites excluding steroid dienone is 3. The number of esters is 4. The second kappa shape index (κ2) is 45.2. The third-order valence-corrected chi connectivity index (χ3v) is 26.0. The highest BCUT2D eigenvalue weighted by Crippen LogP contribution is 2.47. The minimum absolute atomic E-state index is 0.0202. The number of aliphatic carboxylic acids is 1. The van der Waals surface area contributed by atoms with Crippen LogP contribution in [0.25, 0.3) is 0 Å². The molecule has 12 rings (SSSR count). The largest absolute Gasteiger partial charge is 0.481 e. The molecule has 0 spiro atoms. The molecule has 0 radical (unpaired) electrons. The molecule has 0 aromatic rings. The van der Waals surface area contributed by atoms with Crippen LogP contribution in [0.15, 0.2) is 36.5 Å². The topological polar surface area (TPSA) is 728 Å². The van der Waals surface area contributed by atoms with Crippen LogP contribution in [0.1, 0.15) is 109 Å². The van der Waals surface area contributed by atoms with Crippen molar-refractivity contribution in [1.29, 1.82) is 0 Å². The molecule has 12 fully saturated rings. The predicted octanol–water partition coefficient (Wildman–Crippen LogP) is -10.3. The first-order valence-corrected chi connectivity index (χ1v) is 42.9. The molecule has 0 aromatic carbocycles. The molecule has 0 amide bonds. The Labute approximate surface area is 720 Å². The lowest BCUT2D eigenvalue weighted by Crippen LogP contribution is -2.65. The van der Waals surface area contributed by atoms with Crippen LogP contribution in [-0.2, 0) is 104 Å². The first-order chi connectivity index (χ1) is 59.9. The van der Waals surface area contributed by atoms with E-state index in [4.69, 9.17) is 85.6 Å². The molecule has 0 bridgehead atoms. The van der Waals surface area contributed by atoms with E-state index in [0.717, 1.165) is 18.2 Å². The van der Waals surface area contributed by atoms with E-state index in [2.05, 4.69) is 0 Å². The number of carboxylic acid groups (broad SMARTS) is 1. The van der Waals surface area contributed by atoms with Gasteiger partial charge in [0.2, 0.25) is 0 Å². The first-order valence-electron chi connectivity index (χ1n) is 42.9. The Morgan fingerprint density at radius 2 is 0.778 bits per heavy atom. The van der Waals surface area contributed by atoms with Crippen molar-refractivity contribution < 1.29 is 227 Å². The fourth-order valence-electron chi connectivity index (χ4n) is 18.5. The van der Waals surface area contributed by atoms with Gasteiger partial charge in [-0.1, -0.05) is 18.2 Å². The summed E-state index contributed by atoms with van der Waals surface area (Å²) in [4.78, 5) is 64.0. The van der Waals surface area contributed by atoms with Gasteiger partial charge >= 0.3 is 29.8 Å². The fraction of sp³-hybridized carbons (Fsp3) is 0.863. The fourth-order valence-corrected chi connectivity index (χ4v) is 18.5. The molecule has 7 heterocycles. The highest BCUT2D eigenvalue weighted by molar-refractivity contribution is 5.90. The van der Waals surface area contributed by atoms with Crippen LogP contribution < -0.4 is 0 Å². The first kappa shape index (κ1) is 100. The van der Waals surface area contributed by atoms with Gasteiger partial charge in [0.05, 0.1) is 93.1 Å². The van der Waals surface area contributed by atoms with Crippen molar-refractivity contribution in [1.82, 2.24) is 0 Å². The molecule has 718 valence electrons. The molecule has 12 aliphatic rings. The van der Waals surface area contributed by atoms with Crippen LogP contribution in [0.4, 0.5) is 0 Å². The minimum atomic E-state index is -2.17. The van der Waals surface area contributed by atoms with Gasteiger partial charge in [-0.25, -0.2) is 14.4 Å². The lowest BCUT2D eigenvalue weighted by molar-refractivity contribution is -0.373. The molecule has 46 heteroatoms. The Morgan fingerprint density at radius 1 is 0.333 bits per heavy atom. The van der Waals surface area contributed by atoms with Crippen molar-refractivity contribution in [2.45, 2.75) is 361 Å². The highest BCUT2D eigenvalue weighted by atomic mass is 16.8. The average molecular weight is 1820 g/mol. The Bertz CT molecular complexity index is 3550. The van der Waals surface area contributed by atoms with Gasteiger partial charge in [0.25, 0.3) is 0 Å². The normalized spacial score (nSPS) is 47.5. The van der Waals surface area contributed by atoms with Gasteiger partial charge in [0.15, 0.2) is 43.8 Å². The van der Waals surface area contributed by atoms with Crippen LogP contribution in [0.2, 0.25) is 0 Å². The number of aliphatic hydroxyl groups is 23. The number of hydrogen-bond acceptors (Lipinski definition) is 45. The zero-order chi connectivity index (χ0) is 91.0. The lowest BCUT2D eigenvalue weighted by atomic mass is 9.72. The van der Waals surface area contributed by atoms with Crippen LogP contribution in [0.3, 0.4) is 0 Å². The van der Waals surface area contributed by atoms with Crippen LogP contribution >= 0.6 is 0 Å². The molecular weight excluding hydrogens is 1700 g/mol. The van der Waals surface area contributed by atoms with Crippen molar-refractivity contribution >= 4 is 29.8 Å². The summed E-state index contributed by atoms with van der Waals surface area (Å²) in [6, 6.07) is 0. The molecule has 24 N–H and O–H groups in total. The molecule has 0 aromatic heterocycles. The van der Waals surface area contributed by atoms with E-state index in [1.807, 2.05) is 0 Å². The number of rotatable bonds is 30. The number of aliphatic hydroxyl groups excluding tert-OH is 23. The van der Waals surface area contributed by atoms with Gasteiger partial charge in [-0.2, -0.15) is 0 Å². The summed E-state index contributed by atoms with van der Waals surface area (Å²) in [6.45, 7) is -4.33. The van der Waals surface area contributed by atoms with Crippen molar-refractivity contribution in [2.24, 2.45) is 29.6 Å². The van der Waals surface area contributed by atoms with Gasteiger partial charge in [0, 0.05) is 30.6 Å². The van der Waals surface area contributed by atoms with Crippen molar-refractivity contribution in [3.63, 3.8) is 0 Å². The zero-order valence-electron chi connectivity index (χ0n) is 68.5. The second-order valence-electron chi connectivity index (χ2n) is 34.8. The van der Waals surface area contributed by atoms with Gasteiger partial charge in [-0.05, 0) is 120 Å². The quantitative estimate of drug-likeness (QED) is 0.0137. The lowest BCUT2D eigenvalue weighted by Gasteiger charge is -2.53. The van der Waals surface area contributed by atoms with E-state index in [9.17, 15) is 141 Å². The van der Waals surface area contributed by atoms with Crippen molar-refractivity contribution in [3.8, 4) is 0 Å². The summed E-state index contributed by atoms with van der Waals surface area (Å²) in [6.07, 6.45) is -55.7. The predicted molar refractivity (Wildman–Crippen MR) is 405 cm³/mol. The number of carboxylic acids is 1. The number of carbonyl (C=O) groups is 5. The maximum atomic E-state index is 14.0. The summed E-state index contributed by atoms with van der Waals surface area (Å²) < 4.78 is 101. The molecular formula is C80H122O46. The highest BCUT2D eigenvalue weighted by Gasteiger charge is 2.58. The minimum Gasteiger partial charge on any atom is -0.481 e. The summed E-state index contributed by atoms with van der Waals surface area (Å²) in [7, 11) is 0. The van der Waals surface area contributed by atoms with Crippen LogP contribution in [-0.4, -0.2) is 443 Å². The summed E-state index contributed by atoms with van der Waals surface area (Å²) in [5.74, 6) is -8.64. The molecule has 44 atom stereocenters. The van der Waals surface area contributed by atoms with Gasteiger partial charge in [0.1, 0.15) is 161 Å². The van der Waals surface area contributed by atoms with Gasteiger partial charge < -0.3 is 203 Å². The standard InChI is InChI=1S/C80H122O46/c81-24-47-58(96)63(101)68(106)75(120-47)114-35-9-1-30(2-10-35)5-14-53(91)111-28-51-62(100)67(105)74(80(124-51)119-46-22-36-44(115-72(46)33-8-11-37(84)38(85)19-33)20-34(83)21-45(36)118-78-71(109)66(104)61(99)50(123-78)29-112-56(94)23-52(89)90)126-79-73(57(95)41(88)26-113-79)125-55(93)16-7-32-4-13-43(40(87)18-32)117-77-70(108)65(103)60(98)49(122-77)27-110-54(92)15-6-31-3-12-42(39(86)17-31)116-76-69(107)64(102)59(97)48(25-82)121-76/h5-7,14-16,30-51,57-88,95-109H,1-4,8-13,17-29H2,(H,89,90)/t30?,31?,32?,33?,34?,35?,36?,37?,38?,39?,40?,41-,42?,43?,44?,45?,46?,47-,48-,49-,50-,51-,57+,58-,59-,60-,61-,62-,63+,64+,65+,66+,67+,68-,69-,70-,71-,72?,73-,74-,75-,76-,77-,78-,79+,80-/m1/s1. The molecule has 5 aliphatic carbocycles. The number of ether oxygens (including phenoxy) is 17. The third kappa shape index (κ3) is 24.8. The molecule has 7 saturated heterocycles. The monoisotopic (exact) mass is 1820 g/mol. The Hall–Kier alpha value is -4.87. The van der Waals surface area contributed by atoms with Crippen molar-refractivity contribution in [2.75, 3.05) is 39.6 Å². The maximum Gasteiger partial charge on any atom is 0.330 e. The maximum absolute atomic E-state index is 14.0. The van der Waals surface area contributed by atoms with Crippen molar-refractivity contribution in [3.05, 3.63) is 36.5 Å². The van der Waals surface area contributed by atoms with Crippen LogP contribution in [0, 0.1) is 29.6 Å². The average Bonchev–Trinajstić information content (AvgIpc) is 0.762. The molecule has 7 aliphatic heterocycles. The van der Waals surface area contributed by atoms with Gasteiger partial charge in [-0.15, -0.1) is 0 Å². The SMILES string of the molecule is O=C(O)CC(=O)OC[C@H]1O[C@@H](OC2CC(O)CC3OC(C4CCC(O)C(O)C4)C(O[C@@H]4O[C@H](COC(=O)C=CC5CCC(O[C@@H]6O[C@H](CO)[C@@H](O)[C@H](O)[C@H]6O)CC5)[C@@H](O)[C@H](O)[C@H]4O[C@@H]4OC[C@@H](O)[C@H](O)[C@H]4OC(=O)C=CC4CCC(O[C@@H]5O[C@H](COC(=O)C=CC6CCC(O[C@@H]7O[C@H](CO)[C@@H](O)[C@H](O)[C@H]7O)C(O)C6)[C@@H](O)[C@H](O)[C@H]5O)C(O)C4)CC32)[C@H](O)[C@@H](O)[C@@H]1O. The molecule has 15 unspecified atom stereocenters. The number of carbonyl (C=O) groups excluding carboxylic acids is 4. The Morgan fingerprint density at radius 3 is 1.28 bits per heavy atom. The Balaban J connectivity index is 0.698. The summed E-state index contributed by atoms with van der Waals surface area (Å²) >= 11 is 0. The molecule has 126 heavy (non-hydrogen) atoms. The van der Waals surface area contributed by atoms with E-state index < -0.39 is 345 Å². The van der Waals surface area contributed by atoms with Gasteiger partial charge in [-0.3, -0.25) is 9.59 Å². The van der Waals surface area contributed by atoms with E-state index in [-0.39, 0.29) is 82.5 Å². The second-order valence-corrected chi connectivity index (χ2v) is 34.8. The summed E-state index contributed by atoms with van der Waals surface area (Å²) in [5, 5.41) is 259. The number of fused-ring (bicyclic) bond motifs is 1. The number of hydrogen-bond donors (Lipinski definition) is 24. The molecule has 46 nitrogen and oxygen atoms in total. The smallest absolute Gasteiger partial charge is 0.330 e. The van der Waals surface area contributed by atoms with E-state index in [1.54, 1.807) is 6.08 Å². The zero-order valence-corrected chi connectivity index (χ0v) is 68.5.